The molecule has 4 nitrogen and oxygen atoms in total. The molecule has 0 aliphatic heterocycles. The number of nitrogens with one attached hydrogen (secondary N) is 1. The number of allylic oxidation sites excluding steroid dienone is 2. The minimum absolute atomic E-state index is 0.375. The lowest BCUT2D eigenvalue weighted by Gasteiger charge is -2.20. The van der Waals surface area contributed by atoms with Crippen LogP contribution in [-0.2, 0) is 4.74 Å². The average Bonchev–Trinajstić information content (AvgIpc) is 2.59. The summed E-state index contributed by atoms with van der Waals surface area (Å²) in [4.78, 5) is 12.8. The van der Waals surface area contributed by atoms with Gasteiger partial charge in [-0.3, -0.25) is 0 Å². The molecule has 0 spiro atoms. The Kier molecular flexibility index (Phi) is 8.04. The molecule has 2 rings (SSSR count). The summed E-state index contributed by atoms with van der Waals surface area (Å²) in [5.41, 5.74) is 0.377. The molecule has 2 unspecified atom stereocenters. The maximum absolute atomic E-state index is 11.6. The second-order valence-corrected chi connectivity index (χ2v) is 8.83. The van der Waals surface area contributed by atoms with Crippen LogP contribution in [0.25, 0.3) is 0 Å². The monoisotopic (exact) mass is 377 g/mol. The van der Waals surface area contributed by atoms with Gasteiger partial charge >= 0.3 is 6.09 Å². The molecule has 0 heterocycles. The first-order valence-corrected chi connectivity index (χ1v) is 10.4. The molecule has 5 heteroatoms. The van der Waals surface area contributed by atoms with Crippen LogP contribution < -0.4 is 5.32 Å². The summed E-state index contributed by atoms with van der Waals surface area (Å²) in [5.74, 6) is 1.73. The van der Waals surface area contributed by atoms with Crippen LogP contribution in [0.3, 0.4) is 0 Å². The number of amides is 1. The van der Waals surface area contributed by atoms with Gasteiger partial charge in [-0.2, -0.15) is 0 Å². The van der Waals surface area contributed by atoms with E-state index in [1.807, 2.05) is 44.7 Å². The molecule has 1 aliphatic carbocycles. The van der Waals surface area contributed by atoms with Crippen molar-refractivity contribution in [2.75, 3.05) is 12.3 Å². The number of aliphatic hydroxyl groups is 1. The Morgan fingerprint density at radius 2 is 2.23 bits per heavy atom. The first-order valence-electron chi connectivity index (χ1n) is 9.38. The van der Waals surface area contributed by atoms with Gasteiger partial charge in [-0.1, -0.05) is 24.3 Å². The van der Waals surface area contributed by atoms with Crippen molar-refractivity contribution >= 4 is 17.9 Å². The van der Waals surface area contributed by atoms with E-state index in [-0.39, 0.29) is 0 Å². The smallest absolute Gasteiger partial charge is 0.407 e. The summed E-state index contributed by atoms with van der Waals surface area (Å²) < 4.78 is 5.19. The van der Waals surface area contributed by atoms with Crippen LogP contribution in [0, 0.1) is 5.92 Å². The Morgan fingerprint density at radius 1 is 1.42 bits per heavy atom. The van der Waals surface area contributed by atoms with Crippen molar-refractivity contribution in [3.05, 3.63) is 42.0 Å². The van der Waals surface area contributed by atoms with E-state index >= 15 is 0 Å². The molecule has 2 atom stereocenters. The van der Waals surface area contributed by atoms with Crippen LogP contribution in [0.2, 0.25) is 0 Å². The summed E-state index contributed by atoms with van der Waals surface area (Å²) in [6.45, 7) is 5.86. The van der Waals surface area contributed by atoms with Crippen molar-refractivity contribution in [3.8, 4) is 0 Å². The number of benzene rings is 1. The van der Waals surface area contributed by atoms with Gasteiger partial charge in [-0.05, 0) is 70.1 Å². The van der Waals surface area contributed by atoms with Crippen molar-refractivity contribution in [1.29, 1.82) is 0 Å². The van der Waals surface area contributed by atoms with Gasteiger partial charge in [0.2, 0.25) is 0 Å². The molecule has 144 valence electrons. The minimum Gasteiger partial charge on any atom is -0.444 e. The average molecular weight is 378 g/mol. The fourth-order valence-corrected chi connectivity index (χ4v) is 3.91. The number of ether oxygens (including phenoxy) is 1. The third-order valence-electron chi connectivity index (χ3n) is 4.15. The maximum Gasteiger partial charge on any atom is 0.407 e. The third kappa shape index (κ3) is 7.83. The van der Waals surface area contributed by atoms with Crippen LogP contribution in [0.5, 0.6) is 0 Å². The number of hydrogen-bond donors (Lipinski definition) is 2. The fourth-order valence-electron chi connectivity index (χ4n) is 2.83. The Labute approximate surface area is 161 Å². The van der Waals surface area contributed by atoms with E-state index in [0.29, 0.717) is 18.9 Å². The molecule has 26 heavy (non-hydrogen) atoms. The second-order valence-electron chi connectivity index (χ2n) is 7.74. The quantitative estimate of drug-likeness (QED) is 0.514. The van der Waals surface area contributed by atoms with Gasteiger partial charge in [0, 0.05) is 17.2 Å². The number of aliphatic hydroxyl groups excluding tert-OH is 1. The lowest BCUT2D eigenvalue weighted by molar-refractivity contribution is 0.0518. The van der Waals surface area contributed by atoms with Gasteiger partial charge in [0.1, 0.15) is 5.60 Å². The number of rotatable bonds is 7. The molecule has 0 aromatic heterocycles. The van der Waals surface area contributed by atoms with E-state index in [2.05, 4.69) is 29.6 Å². The molecule has 0 radical (unpaired) electrons. The number of alkyl carbamates (subject to hydrolysis) is 1. The van der Waals surface area contributed by atoms with Crippen molar-refractivity contribution in [3.63, 3.8) is 0 Å². The highest BCUT2D eigenvalue weighted by molar-refractivity contribution is 7.99. The van der Waals surface area contributed by atoms with Gasteiger partial charge in [0.25, 0.3) is 0 Å². The first-order chi connectivity index (χ1) is 12.3. The SMILES string of the molecule is CC(C)(C)OC(=O)NCCC(O)c1cccc(SCC2C=CCCC2)c1. The van der Waals surface area contributed by atoms with Crippen LogP contribution in [0.1, 0.15) is 58.1 Å². The predicted octanol–water partition coefficient (Wildman–Crippen LogP) is 5.08. The number of carbonyl (C=O) groups excluding carboxylic acids is 1. The second kappa shape index (κ2) is 10.0. The number of hydrogen-bond acceptors (Lipinski definition) is 4. The van der Waals surface area contributed by atoms with Crippen LogP contribution in [-0.4, -0.2) is 29.1 Å². The molecule has 1 aromatic carbocycles. The zero-order valence-corrected chi connectivity index (χ0v) is 16.8. The molecule has 1 amide bonds. The van der Waals surface area contributed by atoms with Crippen LogP contribution in [0.4, 0.5) is 4.79 Å². The molecular weight excluding hydrogens is 346 g/mol. The normalized spacial score (nSPS) is 18.4. The molecule has 0 saturated heterocycles. The molecule has 2 N–H and O–H groups in total. The van der Waals surface area contributed by atoms with Gasteiger partial charge in [-0.15, -0.1) is 11.8 Å². The number of carbonyl (C=O) groups is 1. The fraction of sp³-hybridized carbons (Fsp3) is 0.571. The molecular formula is C21H31NO3S. The van der Waals surface area contributed by atoms with Crippen molar-refractivity contribution in [2.24, 2.45) is 5.92 Å². The van der Waals surface area contributed by atoms with E-state index in [0.717, 1.165) is 11.3 Å². The first kappa shape index (κ1) is 20.8. The highest BCUT2D eigenvalue weighted by Gasteiger charge is 2.16. The largest absolute Gasteiger partial charge is 0.444 e. The minimum atomic E-state index is -0.597. The van der Waals surface area contributed by atoms with Gasteiger partial charge in [0.15, 0.2) is 0 Å². The van der Waals surface area contributed by atoms with E-state index < -0.39 is 17.8 Å². The van der Waals surface area contributed by atoms with Crippen LogP contribution >= 0.6 is 11.8 Å². The molecule has 1 aromatic rings. The third-order valence-corrected chi connectivity index (χ3v) is 5.33. The highest BCUT2D eigenvalue weighted by Crippen LogP contribution is 2.28. The summed E-state index contributed by atoms with van der Waals surface area (Å²) >= 11 is 1.84. The Morgan fingerprint density at radius 3 is 2.92 bits per heavy atom. The Bertz CT molecular complexity index is 610. The predicted molar refractivity (Wildman–Crippen MR) is 107 cm³/mol. The number of thioether (sulfide) groups is 1. The van der Waals surface area contributed by atoms with Crippen molar-refractivity contribution in [2.45, 2.75) is 63.1 Å². The van der Waals surface area contributed by atoms with E-state index in [1.165, 1.54) is 24.2 Å². The Hall–Kier alpha value is -1.46. The zero-order valence-electron chi connectivity index (χ0n) is 16.0. The van der Waals surface area contributed by atoms with Gasteiger partial charge in [-0.25, -0.2) is 4.79 Å². The highest BCUT2D eigenvalue weighted by atomic mass is 32.2. The molecule has 1 aliphatic rings. The lowest BCUT2D eigenvalue weighted by atomic mass is 9.98. The summed E-state index contributed by atoms with van der Waals surface area (Å²) in [5, 5.41) is 13.1. The van der Waals surface area contributed by atoms with E-state index in [9.17, 15) is 9.90 Å². The van der Waals surface area contributed by atoms with Crippen molar-refractivity contribution in [1.82, 2.24) is 5.32 Å². The Balaban J connectivity index is 1.77. The van der Waals surface area contributed by atoms with E-state index in [1.54, 1.807) is 0 Å². The van der Waals surface area contributed by atoms with Gasteiger partial charge in [0.05, 0.1) is 6.10 Å². The standard InChI is InChI=1S/C21H31NO3S/c1-21(2,3)25-20(24)22-13-12-19(23)17-10-7-11-18(14-17)26-15-16-8-5-4-6-9-16/h5,7-8,10-11,14,16,19,23H,4,6,9,12-13,15H2,1-3H3,(H,22,24). The topological polar surface area (TPSA) is 58.6 Å². The molecule has 0 fully saturated rings. The molecule has 0 saturated carbocycles. The maximum atomic E-state index is 11.6. The zero-order chi connectivity index (χ0) is 19.0. The summed E-state index contributed by atoms with van der Waals surface area (Å²) in [7, 11) is 0. The van der Waals surface area contributed by atoms with Crippen molar-refractivity contribution < 1.29 is 14.6 Å². The van der Waals surface area contributed by atoms with Gasteiger partial charge < -0.3 is 15.2 Å². The van der Waals surface area contributed by atoms with Crippen LogP contribution in [0.15, 0.2) is 41.3 Å². The summed E-state index contributed by atoms with van der Waals surface area (Å²) in [6, 6.07) is 8.06. The lowest BCUT2D eigenvalue weighted by Crippen LogP contribution is -2.33. The summed E-state index contributed by atoms with van der Waals surface area (Å²) in [6.07, 6.45) is 7.78. The molecule has 0 bridgehead atoms. The van der Waals surface area contributed by atoms with E-state index in [4.69, 9.17) is 4.74 Å².